The molecule has 2 rings (SSSR count). The molecule has 7 heteroatoms. The van der Waals surface area contributed by atoms with Crippen LogP contribution in [0.1, 0.15) is 4.88 Å². The van der Waals surface area contributed by atoms with Crippen LogP contribution >= 0.6 is 39.0 Å². The van der Waals surface area contributed by atoms with E-state index in [1.165, 1.54) is 23.3 Å². The first-order chi connectivity index (χ1) is 8.61. The summed E-state index contributed by atoms with van der Waals surface area (Å²) >= 11 is 5.84. The molecule has 1 aromatic heterocycles. The molecule has 0 saturated carbocycles. The van der Waals surface area contributed by atoms with E-state index in [1.54, 1.807) is 6.08 Å². The molecule has 18 heavy (non-hydrogen) atoms. The predicted molar refractivity (Wildman–Crippen MR) is 76.6 cm³/mol. The highest BCUT2D eigenvalue weighted by Crippen LogP contribution is 2.33. The molecule has 4 nitrogen and oxygen atoms in total. The maximum Gasteiger partial charge on any atom is 0.293 e. The number of thiophene rings is 1. The second kappa shape index (κ2) is 6.01. The molecular formula is C11H10BrNO3S2. The molecule has 0 spiro atoms. The quantitative estimate of drug-likeness (QED) is 0.784. The Balaban J connectivity index is 2.14. The van der Waals surface area contributed by atoms with E-state index >= 15 is 0 Å². The van der Waals surface area contributed by atoms with Crippen molar-refractivity contribution in [1.82, 2.24) is 4.90 Å². The number of amides is 2. The Hall–Kier alpha value is -0.630. The average molecular weight is 348 g/mol. The standard InChI is InChI=1S/C11H10BrNO3S2/c1-16-3-2-13-10(14)9(18-11(13)15)5-8-4-7(12)6-17-8/h4-6H,2-3H2,1H3. The van der Waals surface area contributed by atoms with E-state index in [9.17, 15) is 9.59 Å². The van der Waals surface area contributed by atoms with Crippen molar-refractivity contribution in [3.63, 3.8) is 0 Å². The lowest BCUT2D eigenvalue weighted by Gasteiger charge is -2.10. The van der Waals surface area contributed by atoms with Crippen molar-refractivity contribution in [2.24, 2.45) is 0 Å². The van der Waals surface area contributed by atoms with Gasteiger partial charge in [0.15, 0.2) is 0 Å². The van der Waals surface area contributed by atoms with Gasteiger partial charge in [-0.1, -0.05) is 0 Å². The van der Waals surface area contributed by atoms with Crippen LogP contribution in [-0.2, 0) is 9.53 Å². The van der Waals surface area contributed by atoms with Crippen LogP contribution in [0.2, 0.25) is 0 Å². The Morgan fingerprint density at radius 3 is 2.89 bits per heavy atom. The van der Waals surface area contributed by atoms with Crippen LogP contribution < -0.4 is 0 Å². The third kappa shape index (κ3) is 3.03. The Kier molecular flexibility index (Phi) is 4.60. The number of thioether (sulfide) groups is 1. The van der Waals surface area contributed by atoms with Gasteiger partial charge in [0.25, 0.3) is 11.1 Å². The Bertz CT molecular complexity index is 512. The van der Waals surface area contributed by atoms with Crippen LogP contribution in [0.3, 0.4) is 0 Å². The zero-order valence-corrected chi connectivity index (χ0v) is 12.7. The molecule has 1 fully saturated rings. The number of ether oxygens (including phenoxy) is 1. The summed E-state index contributed by atoms with van der Waals surface area (Å²) in [7, 11) is 1.54. The summed E-state index contributed by atoms with van der Waals surface area (Å²) < 4.78 is 5.85. The summed E-state index contributed by atoms with van der Waals surface area (Å²) in [5.41, 5.74) is 0. The molecular weight excluding hydrogens is 338 g/mol. The fourth-order valence-electron chi connectivity index (χ4n) is 1.41. The average Bonchev–Trinajstić information content (AvgIpc) is 2.84. The largest absolute Gasteiger partial charge is 0.383 e. The van der Waals surface area contributed by atoms with Gasteiger partial charge in [-0.3, -0.25) is 14.5 Å². The number of methoxy groups -OCH3 is 1. The molecule has 1 aliphatic heterocycles. The van der Waals surface area contributed by atoms with Crippen LogP contribution in [-0.4, -0.2) is 36.3 Å². The Morgan fingerprint density at radius 2 is 2.28 bits per heavy atom. The fourth-order valence-corrected chi connectivity index (χ4v) is 3.72. The van der Waals surface area contributed by atoms with E-state index in [2.05, 4.69) is 15.9 Å². The molecule has 2 heterocycles. The van der Waals surface area contributed by atoms with Crippen molar-refractivity contribution >= 4 is 56.3 Å². The first-order valence-electron chi connectivity index (χ1n) is 5.10. The van der Waals surface area contributed by atoms with E-state index in [-0.39, 0.29) is 11.1 Å². The maximum absolute atomic E-state index is 12.0. The molecule has 0 unspecified atom stereocenters. The van der Waals surface area contributed by atoms with E-state index in [0.717, 1.165) is 21.1 Å². The lowest BCUT2D eigenvalue weighted by molar-refractivity contribution is -0.123. The minimum absolute atomic E-state index is 0.237. The van der Waals surface area contributed by atoms with Crippen molar-refractivity contribution in [1.29, 1.82) is 0 Å². The Labute approximate surface area is 121 Å². The van der Waals surface area contributed by atoms with E-state index in [0.29, 0.717) is 18.1 Å². The summed E-state index contributed by atoms with van der Waals surface area (Å²) in [6.45, 7) is 0.655. The van der Waals surface area contributed by atoms with Gasteiger partial charge in [-0.15, -0.1) is 11.3 Å². The van der Waals surface area contributed by atoms with Gasteiger partial charge < -0.3 is 4.74 Å². The molecule has 0 radical (unpaired) electrons. The molecule has 2 amide bonds. The van der Waals surface area contributed by atoms with Gasteiger partial charge >= 0.3 is 0 Å². The van der Waals surface area contributed by atoms with Gasteiger partial charge in [-0.05, 0) is 39.8 Å². The molecule has 1 aromatic rings. The highest BCUT2D eigenvalue weighted by molar-refractivity contribution is 9.10. The monoisotopic (exact) mass is 347 g/mol. The van der Waals surface area contributed by atoms with Crippen LogP contribution in [0.4, 0.5) is 4.79 Å². The zero-order chi connectivity index (χ0) is 13.1. The summed E-state index contributed by atoms with van der Waals surface area (Å²) in [5, 5.41) is 1.69. The van der Waals surface area contributed by atoms with Gasteiger partial charge in [0, 0.05) is 21.8 Å². The number of carbonyl (C=O) groups excluding carboxylic acids is 2. The van der Waals surface area contributed by atoms with Gasteiger partial charge in [-0.25, -0.2) is 0 Å². The van der Waals surface area contributed by atoms with E-state index in [4.69, 9.17) is 4.74 Å². The number of halogens is 1. The van der Waals surface area contributed by atoms with Gasteiger partial charge in [-0.2, -0.15) is 0 Å². The van der Waals surface area contributed by atoms with Crippen LogP contribution in [0, 0.1) is 0 Å². The maximum atomic E-state index is 12.0. The molecule has 0 aliphatic carbocycles. The molecule has 0 bridgehead atoms. The number of rotatable bonds is 4. The molecule has 96 valence electrons. The van der Waals surface area contributed by atoms with Crippen molar-refractivity contribution in [2.45, 2.75) is 0 Å². The molecule has 0 aromatic carbocycles. The highest BCUT2D eigenvalue weighted by atomic mass is 79.9. The van der Waals surface area contributed by atoms with Gasteiger partial charge in [0.2, 0.25) is 0 Å². The summed E-state index contributed by atoms with van der Waals surface area (Å²) in [6.07, 6.45) is 1.74. The number of hydrogen-bond acceptors (Lipinski definition) is 5. The summed E-state index contributed by atoms with van der Waals surface area (Å²) in [5.74, 6) is -0.244. The van der Waals surface area contributed by atoms with Crippen LogP contribution in [0.25, 0.3) is 6.08 Å². The predicted octanol–water partition coefficient (Wildman–Crippen LogP) is 3.19. The minimum atomic E-state index is -0.244. The molecule has 0 N–H and O–H groups in total. The third-order valence-electron chi connectivity index (χ3n) is 2.25. The lowest BCUT2D eigenvalue weighted by atomic mass is 10.4. The number of imide groups is 1. The number of hydrogen-bond donors (Lipinski definition) is 0. The molecule has 1 saturated heterocycles. The second-order valence-electron chi connectivity index (χ2n) is 3.49. The third-order valence-corrected chi connectivity index (χ3v) is 4.80. The fraction of sp³-hybridized carbons (Fsp3) is 0.273. The first-order valence-corrected chi connectivity index (χ1v) is 7.59. The number of carbonyl (C=O) groups is 2. The Morgan fingerprint density at radius 1 is 1.50 bits per heavy atom. The first kappa shape index (κ1) is 13.8. The minimum Gasteiger partial charge on any atom is -0.383 e. The zero-order valence-electron chi connectivity index (χ0n) is 9.51. The topological polar surface area (TPSA) is 46.6 Å². The van der Waals surface area contributed by atoms with Crippen molar-refractivity contribution < 1.29 is 14.3 Å². The molecule has 0 atom stereocenters. The van der Waals surface area contributed by atoms with Crippen molar-refractivity contribution in [2.75, 3.05) is 20.3 Å². The lowest BCUT2D eigenvalue weighted by Crippen LogP contribution is -2.31. The normalized spacial score (nSPS) is 18.1. The summed E-state index contributed by atoms with van der Waals surface area (Å²) in [4.78, 5) is 26.3. The second-order valence-corrected chi connectivity index (χ2v) is 6.35. The van der Waals surface area contributed by atoms with Gasteiger partial charge in [0.1, 0.15) is 0 Å². The van der Waals surface area contributed by atoms with Crippen LogP contribution in [0.5, 0.6) is 0 Å². The van der Waals surface area contributed by atoms with Gasteiger partial charge in [0.05, 0.1) is 18.1 Å². The number of nitrogens with zero attached hydrogens (tertiary/aromatic N) is 1. The SMILES string of the molecule is COCCN1C(=O)SC(=Cc2cc(Br)cs2)C1=O. The van der Waals surface area contributed by atoms with Crippen molar-refractivity contribution in [3.8, 4) is 0 Å². The van der Waals surface area contributed by atoms with Crippen molar-refractivity contribution in [3.05, 3.63) is 25.7 Å². The highest BCUT2D eigenvalue weighted by Gasteiger charge is 2.34. The van der Waals surface area contributed by atoms with Crippen LogP contribution in [0.15, 0.2) is 20.8 Å². The smallest absolute Gasteiger partial charge is 0.293 e. The molecule has 1 aliphatic rings. The van der Waals surface area contributed by atoms with E-state index < -0.39 is 0 Å². The summed E-state index contributed by atoms with van der Waals surface area (Å²) in [6, 6.07) is 1.91. The van der Waals surface area contributed by atoms with E-state index in [1.807, 2.05) is 11.4 Å².